The van der Waals surface area contributed by atoms with Crippen LogP contribution in [0.25, 0.3) is 0 Å². The topological polar surface area (TPSA) is 18.5 Å². The predicted molar refractivity (Wildman–Crippen MR) is 87.5 cm³/mol. The van der Waals surface area contributed by atoms with E-state index in [2.05, 4.69) is 65.1 Å². The molecule has 2 nitrogen and oxygen atoms in total. The Morgan fingerprint density at radius 2 is 1.55 bits per heavy atom. The quantitative estimate of drug-likeness (QED) is 0.596. The molecule has 1 fully saturated rings. The molecule has 1 aromatic carbocycles. The molecule has 2 rings (SSSR count). The summed E-state index contributed by atoms with van der Waals surface area (Å²) in [6, 6.07) is 8.78. The van der Waals surface area contributed by atoms with Gasteiger partial charge in [0, 0.05) is 4.90 Å². The normalized spacial score (nSPS) is 22.0. The Morgan fingerprint density at radius 3 is 2.00 bits per heavy atom. The average Bonchev–Trinajstić information content (AvgIpc) is 2.57. The number of thioether (sulfide) groups is 1. The number of hydrogen-bond donors (Lipinski definition) is 0. The molecule has 4 heteroatoms. The summed E-state index contributed by atoms with van der Waals surface area (Å²) in [6.45, 7) is 10.6. The van der Waals surface area contributed by atoms with E-state index in [1.54, 1.807) is 11.8 Å². The molecule has 1 aliphatic rings. The van der Waals surface area contributed by atoms with E-state index in [9.17, 15) is 0 Å². The van der Waals surface area contributed by atoms with Crippen molar-refractivity contribution in [2.75, 3.05) is 6.26 Å². The zero-order valence-electron chi connectivity index (χ0n) is 13.4. The first-order chi connectivity index (χ1) is 9.25. The fourth-order valence-electron chi connectivity index (χ4n) is 2.42. The molecular formula is C16H25BO2S. The van der Waals surface area contributed by atoms with Crippen LogP contribution in [0.3, 0.4) is 0 Å². The molecule has 1 aromatic rings. The standard InChI is InChI=1S/C16H25BO2S/c1-12(13-7-9-14(20-6)10-8-13)11-17-18-15(2,3)16(4,5)19-17/h7-10,12H,11H2,1-6H3/t12-/m0/s1. The monoisotopic (exact) mass is 292 g/mol. The van der Waals surface area contributed by atoms with Crippen LogP contribution in [0.1, 0.15) is 46.1 Å². The molecule has 0 N–H and O–H groups in total. The van der Waals surface area contributed by atoms with Gasteiger partial charge >= 0.3 is 7.12 Å². The highest BCUT2D eigenvalue weighted by Crippen LogP contribution is 2.39. The fourth-order valence-corrected chi connectivity index (χ4v) is 2.83. The van der Waals surface area contributed by atoms with Gasteiger partial charge in [-0.3, -0.25) is 0 Å². The Hall–Kier alpha value is -0.445. The lowest BCUT2D eigenvalue weighted by atomic mass is 9.75. The van der Waals surface area contributed by atoms with Gasteiger partial charge in [-0.15, -0.1) is 11.8 Å². The Bertz CT molecular complexity index is 440. The number of benzene rings is 1. The third-order valence-corrected chi connectivity index (χ3v) is 5.28. The van der Waals surface area contributed by atoms with E-state index in [0.29, 0.717) is 5.92 Å². The van der Waals surface area contributed by atoms with Crippen LogP contribution in [0.4, 0.5) is 0 Å². The van der Waals surface area contributed by atoms with Crippen molar-refractivity contribution in [1.82, 2.24) is 0 Å². The van der Waals surface area contributed by atoms with Crippen LogP contribution >= 0.6 is 11.8 Å². The molecule has 1 heterocycles. The Labute approximate surface area is 127 Å². The van der Waals surface area contributed by atoms with Gasteiger partial charge in [0.05, 0.1) is 11.2 Å². The molecule has 110 valence electrons. The van der Waals surface area contributed by atoms with E-state index in [-0.39, 0.29) is 18.3 Å². The van der Waals surface area contributed by atoms with Crippen molar-refractivity contribution in [2.24, 2.45) is 0 Å². The summed E-state index contributed by atoms with van der Waals surface area (Å²) in [5.74, 6) is 0.431. The summed E-state index contributed by atoms with van der Waals surface area (Å²) in [5.41, 5.74) is 0.873. The van der Waals surface area contributed by atoms with E-state index in [0.717, 1.165) is 6.32 Å². The van der Waals surface area contributed by atoms with Crippen molar-refractivity contribution >= 4 is 18.9 Å². The van der Waals surface area contributed by atoms with Crippen LogP contribution < -0.4 is 0 Å². The minimum atomic E-state index is -0.236. The summed E-state index contributed by atoms with van der Waals surface area (Å²) < 4.78 is 12.1. The van der Waals surface area contributed by atoms with Gasteiger partial charge in [-0.05, 0) is 63.9 Å². The third kappa shape index (κ3) is 3.24. The smallest absolute Gasteiger partial charge is 0.403 e. The van der Waals surface area contributed by atoms with E-state index < -0.39 is 0 Å². The van der Waals surface area contributed by atoms with Crippen molar-refractivity contribution < 1.29 is 9.31 Å². The maximum atomic E-state index is 6.07. The van der Waals surface area contributed by atoms with E-state index in [1.807, 2.05) is 0 Å². The van der Waals surface area contributed by atoms with Crippen LogP contribution in [0.5, 0.6) is 0 Å². The van der Waals surface area contributed by atoms with Gasteiger partial charge in [0.15, 0.2) is 0 Å². The van der Waals surface area contributed by atoms with E-state index >= 15 is 0 Å². The van der Waals surface area contributed by atoms with E-state index in [1.165, 1.54) is 10.5 Å². The van der Waals surface area contributed by atoms with Crippen LogP contribution in [0.15, 0.2) is 29.2 Å². The molecule has 0 unspecified atom stereocenters. The summed E-state index contributed by atoms with van der Waals surface area (Å²) in [6.07, 6.45) is 2.99. The fraction of sp³-hybridized carbons (Fsp3) is 0.625. The van der Waals surface area contributed by atoms with Crippen molar-refractivity contribution in [3.8, 4) is 0 Å². The van der Waals surface area contributed by atoms with Crippen molar-refractivity contribution in [3.05, 3.63) is 29.8 Å². The first-order valence-electron chi connectivity index (χ1n) is 7.25. The van der Waals surface area contributed by atoms with Gasteiger partial charge in [0.2, 0.25) is 0 Å². The molecule has 0 amide bonds. The van der Waals surface area contributed by atoms with Crippen molar-refractivity contribution in [3.63, 3.8) is 0 Å². The Morgan fingerprint density at radius 1 is 1.05 bits per heavy atom. The predicted octanol–water partition coefficient (Wildman–Crippen LogP) is 4.60. The molecule has 0 aromatic heterocycles. The van der Waals surface area contributed by atoms with Crippen molar-refractivity contribution in [2.45, 2.75) is 63.0 Å². The first kappa shape index (κ1) is 15.9. The Balaban J connectivity index is 2.00. The highest BCUT2D eigenvalue weighted by Gasteiger charge is 2.51. The van der Waals surface area contributed by atoms with Gasteiger partial charge in [0.1, 0.15) is 0 Å². The van der Waals surface area contributed by atoms with Crippen molar-refractivity contribution in [1.29, 1.82) is 0 Å². The molecule has 1 atom stereocenters. The zero-order chi connectivity index (χ0) is 15.0. The molecule has 0 radical (unpaired) electrons. The summed E-state index contributed by atoms with van der Waals surface area (Å²) in [7, 11) is -0.116. The highest BCUT2D eigenvalue weighted by atomic mass is 32.2. The van der Waals surface area contributed by atoms with Crippen LogP contribution in [-0.2, 0) is 9.31 Å². The molecule has 0 saturated carbocycles. The lowest BCUT2D eigenvalue weighted by Crippen LogP contribution is -2.41. The van der Waals surface area contributed by atoms with Gasteiger partial charge in [-0.2, -0.15) is 0 Å². The molecule has 20 heavy (non-hydrogen) atoms. The first-order valence-corrected chi connectivity index (χ1v) is 8.47. The molecular weight excluding hydrogens is 267 g/mol. The maximum Gasteiger partial charge on any atom is 0.458 e. The van der Waals surface area contributed by atoms with Gasteiger partial charge in [0.25, 0.3) is 0 Å². The third-order valence-electron chi connectivity index (χ3n) is 4.53. The van der Waals surface area contributed by atoms with Crippen LogP contribution in [0, 0.1) is 0 Å². The summed E-state index contributed by atoms with van der Waals surface area (Å²) in [5, 5.41) is 0. The summed E-state index contributed by atoms with van der Waals surface area (Å²) in [4.78, 5) is 1.30. The van der Waals surface area contributed by atoms with Gasteiger partial charge in [-0.1, -0.05) is 19.1 Å². The molecule has 1 aliphatic heterocycles. The minimum Gasteiger partial charge on any atom is -0.403 e. The highest BCUT2D eigenvalue weighted by molar-refractivity contribution is 7.98. The lowest BCUT2D eigenvalue weighted by Gasteiger charge is -2.32. The summed E-state index contributed by atoms with van der Waals surface area (Å²) >= 11 is 1.77. The second-order valence-corrected chi connectivity index (χ2v) is 7.48. The molecule has 0 bridgehead atoms. The maximum absolute atomic E-state index is 6.07. The number of rotatable bonds is 4. The minimum absolute atomic E-state index is 0.116. The largest absolute Gasteiger partial charge is 0.458 e. The van der Waals surface area contributed by atoms with E-state index in [4.69, 9.17) is 9.31 Å². The second-order valence-electron chi connectivity index (χ2n) is 6.60. The lowest BCUT2D eigenvalue weighted by molar-refractivity contribution is 0.00578. The molecule has 1 saturated heterocycles. The SMILES string of the molecule is CSc1ccc([C@@H](C)CB2OC(C)(C)C(C)(C)O2)cc1. The van der Waals surface area contributed by atoms with Gasteiger partial charge < -0.3 is 9.31 Å². The van der Waals surface area contributed by atoms with Crippen LogP contribution in [0.2, 0.25) is 6.32 Å². The van der Waals surface area contributed by atoms with Gasteiger partial charge in [-0.25, -0.2) is 0 Å². The second kappa shape index (κ2) is 5.74. The average molecular weight is 292 g/mol. The molecule has 0 aliphatic carbocycles. The Kier molecular flexibility index (Phi) is 4.58. The zero-order valence-corrected chi connectivity index (χ0v) is 14.2. The number of hydrogen-bond acceptors (Lipinski definition) is 3. The van der Waals surface area contributed by atoms with Crippen LogP contribution in [-0.4, -0.2) is 24.6 Å². The molecule has 0 spiro atoms.